The van der Waals surface area contributed by atoms with E-state index in [2.05, 4.69) is 6.92 Å². The third-order valence-corrected chi connectivity index (χ3v) is 2.44. The number of hydrogen-bond donors (Lipinski definition) is 0. The molecular weight excluding hydrogens is 176 g/mol. The molecule has 1 aromatic carbocycles. The summed E-state index contributed by atoms with van der Waals surface area (Å²) in [6.45, 7) is 3.98. The van der Waals surface area contributed by atoms with Gasteiger partial charge in [0.25, 0.3) is 0 Å². The molecule has 1 aromatic heterocycles. The molecular formula is C12H12O2. The molecule has 0 bridgehead atoms. The van der Waals surface area contributed by atoms with Crippen molar-refractivity contribution < 1.29 is 4.42 Å². The minimum Gasteiger partial charge on any atom is -0.422 e. The predicted octanol–water partition coefficient (Wildman–Crippen LogP) is 2.66. The Morgan fingerprint density at radius 3 is 2.86 bits per heavy atom. The average molecular weight is 188 g/mol. The maximum Gasteiger partial charge on any atom is 0.336 e. The van der Waals surface area contributed by atoms with E-state index in [1.54, 1.807) is 0 Å². The van der Waals surface area contributed by atoms with Gasteiger partial charge < -0.3 is 4.42 Å². The minimum absolute atomic E-state index is 0.268. The van der Waals surface area contributed by atoms with E-state index < -0.39 is 0 Å². The zero-order chi connectivity index (χ0) is 10.1. The highest BCUT2D eigenvalue weighted by atomic mass is 16.4. The van der Waals surface area contributed by atoms with Crippen molar-refractivity contribution in [1.82, 2.24) is 0 Å². The summed E-state index contributed by atoms with van der Waals surface area (Å²) < 4.78 is 5.21. The zero-order valence-corrected chi connectivity index (χ0v) is 8.33. The summed E-state index contributed by atoms with van der Waals surface area (Å²) >= 11 is 0. The first-order chi connectivity index (χ1) is 6.72. The van der Waals surface area contributed by atoms with E-state index in [1.807, 2.05) is 25.1 Å². The molecule has 0 saturated heterocycles. The first-order valence-corrected chi connectivity index (χ1v) is 4.74. The SMILES string of the molecule is CCc1cccc2c(C)cc(=O)oc12. The number of fused-ring (bicyclic) bond motifs is 1. The summed E-state index contributed by atoms with van der Waals surface area (Å²) in [6.07, 6.45) is 0.879. The van der Waals surface area contributed by atoms with Crippen LogP contribution in [0.3, 0.4) is 0 Å². The van der Waals surface area contributed by atoms with Crippen LogP contribution >= 0.6 is 0 Å². The van der Waals surface area contributed by atoms with E-state index in [-0.39, 0.29) is 5.63 Å². The lowest BCUT2D eigenvalue weighted by Gasteiger charge is -2.03. The van der Waals surface area contributed by atoms with Crippen molar-refractivity contribution in [3.05, 3.63) is 45.8 Å². The van der Waals surface area contributed by atoms with Gasteiger partial charge >= 0.3 is 5.63 Å². The molecule has 2 heteroatoms. The molecule has 0 radical (unpaired) electrons. The number of aryl methyl sites for hydroxylation is 2. The van der Waals surface area contributed by atoms with Crippen molar-refractivity contribution in [2.24, 2.45) is 0 Å². The molecule has 0 spiro atoms. The number of rotatable bonds is 1. The third-order valence-electron chi connectivity index (χ3n) is 2.44. The van der Waals surface area contributed by atoms with E-state index in [4.69, 9.17) is 4.42 Å². The standard InChI is InChI=1S/C12H12O2/c1-3-9-5-4-6-10-8(2)7-11(13)14-12(9)10/h4-7H,3H2,1-2H3. The molecule has 0 aliphatic carbocycles. The second-order valence-electron chi connectivity index (χ2n) is 3.40. The second-order valence-corrected chi connectivity index (χ2v) is 3.40. The molecule has 0 unspecified atom stereocenters. The van der Waals surface area contributed by atoms with Crippen LogP contribution in [0.5, 0.6) is 0 Å². The highest BCUT2D eigenvalue weighted by Crippen LogP contribution is 2.20. The zero-order valence-electron chi connectivity index (χ0n) is 8.33. The fourth-order valence-electron chi connectivity index (χ4n) is 1.68. The summed E-state index contributed by atoms with van der Waals surface area (Å²) in [5.74, 6) is 0. The van der Waals surface area contributed by atoms with Crippen LogP contribution in [0, 0.1) is 6.92 Å². The predicted molar refractivity (Wildman–Crippen MR) is 56.6 cm³/mol. The van der Waals surface area contributed by atoms with Crippen molar-refractivity contribution in [3.8, 4) is 0 Å². The van der Waals surface area contributed by atoms with Crippen LogP contribution in [0.2, 0.25) is 0 Å². The normalized spacial score (nSPS) is 10.7. The van der Waals surface area contributed by atoms with Gasteiger partial charge in [0.1, 0.15) is 5.58 Å². The van der Waals surface area contributed by atoms with Gasteiger partial charge in [0.05, 0.1) is 0 Å². The molecule has 0 amide bonds. The Kier molecular flexibility index (Phi) is 2.12. The molecule has 2 nitrogen and oxygen atoms in total. The van der Waals surface area contributed by atoms with Gasteiger partial charge in [-0.2, -0.15) is 0 Å². The van der Waals surface area contributed by atoms with Gasteiger partial charge in [-0.05, 0) is 24.5 Å². The lowest BCUT2D eigenvalue weighted by atomic mass is 10.1. The molecule has 72 valence electrons. The van der Waals surface area contributed by atoms with Crippen LogP contribution in [0.15, 0.2) is 33.5 Å². The molecule has 0 saturated carbocycles. The minimum atomic E-state index is -0.268. The molecule has 14 heavy (non-hydrogen) atoms. The molecule has 0 aliphatic rings. The Morgan fingerprint density at radius 1 is 1.36 bits per heavy atom. The van der Waals surface area contributed by atoms with E-state index in [0.717, 1.165) is 28.5 Å². The molecule has 0 atom stereocenters. The summed E-state index contributed by atoms with van der Waals surface area (Å²) in [6, 6.07) is 7.49. The van der Waals surface area contributed by atoms with Crippen LogP contribution in [0.1, 0.15) is 18.1 Å². The fraction of sp³-hybridized carbons (Fsp3) is 0.250. The fourth-order valence-corrected chi connectivity index (χ4v) is 1.68. The van der Waals surface area contributed by atoms with Gasteiger partial charge in [-0.3, -0.25) is 0 Å². The molecule has 2 aromatic rings. The molecule has 0 aliphatic heterocycles. The number of benzene rings is 1. The Labute approximate surface area is 82.2 Å². The summed E-state index contributed by atoms with van der Waals surface area (Å²) in [5.41, 5.74) is 2.53. The van der Waals surface area contributed by atoms with E-state index in [0.29, 0.717) is 0 Å². The maximum atomic E-state index is 11.2. The smallest absolute Gasteiger partial charge is 0.336 e. The van der Waals surface area contributed by atoms with Crippen molar-refractivity contribution in [3.63, 3.8) is 0 Å². The van der Waals surface area contributed by atoms with E-state index in [9.17, 15) is 4.79 Å². The molecule has 0 fully saturated rings. The van der Waals surface area contributed by atoms with E-state index in [1.165, 1.54) is 6.07 Å². The summed E-state index contributed by atoms with van der Waals surface area (Å²) in [7, 11) is 0. The quantitative estimate of drug-likeness (QED) is 0.644. The van der Waals surface area contributed by atoms with Gasteiger partial charge in [0, 0.05) is 11.5 Å². The van der Waals surface area contributed by atoms with Gasteiger partial charge in [0.2, 0.25) is 0 Å². The molecule has 1 heterocycles. The Bertz CT molecular complexity index is 523. The van der Waals surface area contributed by atoms with Crippen LogP contribution in [-0.2, 0) is 6.42 Å². The van der Waals surface area contributed by atoms with E-state index >= 15 is 0 Å². The topological polar surface area (TPSA) is 30.2 Å². The Morgan fingerprint density at radius 2 is 2.14 bits per heavy atom. The number of para-hydroxylation sites is 1. The van der Waals surface area contributed by atoms with Crippen molar-refractivity contribution in [1.29, 1.82) is 0 Å². The van der Waals surface area contributed by atoms with Gasteiger partial charge in [-0.15, -0.1) is 0 Å². The lowest BCUT2D eigenvalue weighted by molar-refractivity contribution is 0.556. The number of hydrogen-bond acceptors (Lipinski definition) is 2. The highest BCUT2D eigenvalue weighted by molar-refractivity contribution is 5.82. The largest absolute Gasteiger partial charge is 0.422 e. The summed E-state index contributed by atoms with van der Waals surface area (Å²) in [4.78, 5) is 11.2. The van der Waals surface area contributed by atoms with Crippen LogP contribution in [-0.4, -0.2) is 0 Å². The lowest BCUT2D eigenvalue weighted by Crippen LogP contribution is -1.99. The van der Waals surface area contributed by atoms with Crippen LogP contribution in [0.4, 0.5) is 0 Å². The second kappa shape index (κ2) is 3.29. The Balaban J connectivity index is 2.93. The van der Waals surface area contributed by atoms with Crippen molar-refractivity contribution >= 4 is 11.0 Å². The first kappa shape index (κ1) is 9.00. The monoisotopic (exact) mass is 188 g/mol. The first-order valence-electron chi connectivity index (χ1n) is 4.74. The average Bonchev–Trinajstić information content (AvgIpc) is 2.17. The van der Waals surface area contributed by atoms with Gasteiger partial charge in [0.15, 0.2) is 0 Å². The molecule has 2 rings (SSSR count). The third kappa shape index (κ3) is 1.33. The van der Waals surface area contributed by atoms with Gasteiger partial charge in [-0.1, -0.05) is 25.1 Å². The molecule has 0 N–H and O–H groups in total. The highest BCUT2D eigenvalue weighted by Gasteiger charge is 2.04. The van der Waals surface area contributed by atoms with Crippen molar-refractivity contribution in [2.45, 2.75) is 20.3 Å². The maximum absolute atomic E-state index is 11.2. The van der Waals surface area contributed by atoms with Crippen LogP contribution in [0.25, 0.3) is 11.0 Å². The van der Waals surface area contributed by atoms with Crippen molar-refractivity contribution in [2.75, 3.05) is 0 Å². The van der Waals surface area contributed by atoms with Gasteiger partial charge in [-0.25, -0.2) is 4.79 Å². The Hall–Kier alpha value is -1.57. The summed E-state index contributed by atoms with van der Waals surface area (Å²) in [5, 5.41) is 1.03. The van der Waals surface area contributed by atoms with Crippen LogP contribution < -0.4 is 5.63 Å².